The molecule has 3 N–H and O–H groups in total. The molecule has 0 amide bonds. The van der Waals surface area contributed by atoms with Crippen molar-refractivity contribution in [1.82, 2.24) is 5.32 Å². The fourth-order valence-corrected chi connectivity index (χ4v) is 2.24. The maximum absolute atomic E-state index is 12.2. The Balaban J connectivity index is 1.92. The van der Waals surface area contributed by atoms with E-state index >= 15 is 0 Å². The van der Waals surface area contributed by atoms with Crippen LogP contribution >= 0.6 is 0 Å². The number of rotatable bonds is 8. The minimum absolute atomic E-state index is 0.0876. The van der Waals surface area contributed by atoms with Crippen molar-refractivity contribution in [2.24, 2.45) is 10.7 Å². The van der Waals surface area contributed by atoms with Gasteiger partial charge in [-0.05, 0) is 35.4 Å². The molecular formula is C18H21F2N3O3. The van der Waals surface area contributed by atoms with E-state index < -0.39 is 6.61 Å². The zero-order valence-corrected chi connectivity index (χ0v) is 14.5. The van der Waals surface area contributed by atoms with E-state index in [1.165, 1.54) is 12.1 Å². The first-order valence-electron chi connectivity index (χ1n) is 7.80. The Morgan fingerprint density at radius 3 is 2.54 bits per heavy atom. The Labute approximate surface area is 150 Å². The number of alkyl halides is 2. The third-order valence-electron chi connectivity index (χ3n) is 3.48. The van der Waals surface area contributed by atoms with Crippen LogP contribution in [0.2, 0.25) is 0 Å². The summed E-state index contributed by atoms with van der Waals surface area (Å²) in [6.45, 7) is -2.17. The van der Waals surface area contributed by atoms with Crippen LogP contribution in [-0.4, -0.2) is 26.8 Å². The molecule has 0 unspecified atom stereocenters. The molecule has 0 spiro atoms. The minimum atomic E-state index is -2.86. The number of methoxy groups -OCH3 is 2. The predicted octanol–water partition coefficient (Wildman–Crippen LogP) is 2.91. The van der Waals surface area contributed by atoms with Gasteiger partial charge in [0.15, 0.2) is 17.5 Å². The van der Waals surface area contributed by atoms with Crippen molar-refractivity contribution < 1.29 is 23.0 Å². The van der Waals surface area contributed by atoms with Crippen molar-refractivity contribution in [1.29, 1.82) is 0 Å². The number of halogens is 2. The van der Waals surface area contributed by atoms with Crippen LogP contribution in [0.1, 0.15) is 11.1 Å². The average molecular weight is 365 g/mol. The van der Waals surface area contributed by atoms with E-state index in [1.54, 1.807) is 32.4 Å². The first-order valence-corrected chi connectivity index (χ1v) is 7.80. The number of nitrogens with one attached hydrogen (secondary N) is 1. The third-order valence-corrected chi connectivity index (χ3v) is 3.48. The van der Waals surface area contributed by atoms with Crippen molar-refractivity contribution >= 4 is 5.96 Å². The van der Waals surface area contributed by atoms with Crippen molar-refractivity contribution in [2.45, 2.75) is 19.7 Å². The number of nitrogens with zero attached hydrogens (tertiary/aromatic N) is 1. The van der Waals surface area contributed by atoms with E-state index in [0.29, 0.717) is 23.6 Å². The zero-order valence-electron chi connectivity index (χ0n) is 14.5. The van der Waals surface area contributed by atoms with Crippen LogP contribution in [0.4, 0.5) is 8.78 Å². The smallest absolute Gasteiger partial charge is 0.387 e. The van der Waals surface area contributed by atoms with Crippen molar-refractivity contribution in [3.05, 3.63) is 53.6 Å². The zero-order chi connectivity index (χ0) is 18.9. The molecule has 2 rings (SSSR count). The first-order chi connectivity index (χ1) is 12.5. The van der Waals surface area contributed by atoms with Crippen LogP contribution in [0.3, 0.4) is 0 Å². The Morgan fingerprint density at radius 1 is 1.08 bits per heavy atom. The number of hydrogen-bond acceptors (Lipinski definition) is 4. The summed E-state index contributed by atoms with van der Waals surface area (Å²) in [7, 11) is 3.14. The normalized spacial score (nSPS) is 11.3. The van der Waals surface area contributed by atoms with Crippen LogP contribution in [0.5, 0.6) is 17.2 Å². The summed E-state index contributed by atoms with van der Waals surface area (Å²) in [5, 5.41) is 2.98. The molecule has 0 aromatic heterocycles. The van der Waals surface area contributed by atoms with E-state index in [0.717, 1.165) is 5.56 Å². The molecule has 0 radical (unpaired) electrons. The maximum Gasteiger partial charge on any atom is 0.387 e. The number of guanidine groups is 1. The van der Waals surface area contributed by atoms with Gasteiger partial charge in [-0.3, -0.25) is 0 Å². The van der Waals surface area contributed by atoms with Gasteiger partial charge < -0.3 is 25.3 Å². The number of benzene rings is 2. The van der Waals surface area contributed by atoms with Gasteiger partial charge in [0.1, 0.15) is 5.75 Å². The summed E-state index contributed by atoms with van der Waals surface area (Å²) in [6.07, 6.45) is 0. The Morgan fingerprint density at radius 2 is 1.85 bits per heavy atom. The van der Waals surface area contributed by atoms with Gasteiger partial charge in [0, 0.05) is 6.54 Å². The molecular weight excluding hydrogens is 344 g/mol. The van der Waals surface area contributed by atoms with Crippen LogP contribution in [0.25, 0.3) is 0 Å². The maximum atomic E-state index is 12.2. The van der Waals surface area contributed by atoms with Gasteiger partial charge in [0.05, 0.1) is 20.8 Å². The Kier molecular flexibility index (Phi) is 7.02. The van der Waals surface area contributed by atoms with Gasteiger partial charge in [0.2, 0.25) is 0 Å². The van der Waals surface area contributed by atoms with Crippen molar-refractivity contribution in [3.8, 4) is 17.2 Å². The molecule has 0 aliphatic heterocycles. The van der Waals surface area contributed by atoms with Crippen LogP contribution in [0, 0.1) is 0 Å². The molecule has 0 aliphatic carbocycles. The minimum Gasteiger partial charge on any atom is -0.493 e. The highest BCUT2D eigenvalue weighted by Crippen LogP contribution is 2.27. The monoisotopic (exact) mass is 365 g/mol. The quantitative estimate of drug-likeness (QED) is 0.556. The second kappa shape index (κ2) is 9.45. The SMILES string of the molecule is COc1ccc(CNC(N)=NCc2cccc(OC(F)F)c2)cc1OC. The fourth-order valence-electron chi connectivity index (χ4n) is 2.24. The van der Waals surface area contributed by atoms with Crippen molar-refractivity contribution in [3.63, 3.8) is 0 Å². The molecule has 2 aromatic rings. The predicted molar refractivity (Wildman–Crippen MR) is 94.8 cm³/mol. The van der Waals surface area contributed by atoms with E-state index in [1.807, 2.05) is 12.1 Å². The Hall–Kier alpha value is -3.03. The summed E-state index contributed by atoms with van der Waals surface area (Å²) >= 11 is 0. The Bertz CT molecular complexity index is 754. The standard InChI is InChI=1S/C18H21F2N3O3/c1-24-15-7-6-13(9-16(15)25-2)11-23-18(21)22-10-12-4-3-5-14(8-12)26-17(19)20/h3-9,17H,10-11H2,1-2H3,(H3,21,22,23). The number of aliphatic imine (C=N–C) groups is 1. The molecule has 26 heavy (non-hydrogen) atoms. The molecule has 0 atom stereocenters. The molecule has 2 aromatic carbocycles. The molecule has 6 nitrogen and oxygen atoms in total. The van der Waals surface area contributed by atoms with E-state index in [4.69, 9.17) is 15.2 Å². The fraction of sp³-hybridized carbons (Fsp3) is 0.278. The summed E-state index contributed by atoms with van der Waals surface area (Å²) in [5.74, 6) is 1.59. The summed E-state index contributed by atoms with van der Waals surface area (Å²) < 4.78 is 39.3. The highest BCUT2D eigenvalue weighted by atomic mass is 19.3. The number of nitrogens with two attached hydrogens (primary N) is 1. The molecule has 0 saturated carbocycles. The van der Waals surface area contributed by atoms with Crippen LogP contribution in [0.15, 0.2) is 47.5 Å². The van der Waals surface area contributed by atoms with Gasteiger partial charge >= 0.3 is 6.61 Å². The molecule has 0 aliphatic rings. The molecule has 0 fully saturated rings. The highest BCUT2D eigenvalue weighted by Gasteiger charge is 2.06. The van der Waals surface area contributed by atoms with Gasteiger partial charge in [0.25, 0.3) is 0 Å². The highest BCUT2D eigenvalue weighted by molar-refractivity contribution is 5.77. The second-order valence-corrected chi connectivity index (χ2v) is 5.27. The van der Waals surface area contributed by atoms with E-state index in [2.05, 4.69) is 15.0 Å². The molecule has 0 heterocycles. The second-order valence-electron chi connectivity index (χ2n) is 5.27. The molecule has 0 bridgehead atoms. The van der Waals surface area contributed by atoms with Crippen LogP contribution in [-0.2, 0) is 13.1 Å². The lowest BCUT2D eigenvalue weighted by atomic mass is 10.2. The van der Waals surface area contributed by atoms with Gasteiger partial charge in [-0.25, -0.2) is 4.99 Å². The van der Waals surface area contributed by atoms with E-state index in [9.17, 15) is 8.78 Å². The molecule has 8 heteroatoms. The van der Waals surface area contributed by atoms with Gasteiger partial charge in [-0.1, -0.05) is 18.2 Å². The molecule has 140 valence electrons. The van der Waals surface area contributed by atoms with Gasteiger partial charge in [-0.15, -0.1) is 0 Å². The summed E-state index contributed by atoms with van der Waals surface area (Å²) in [5.41, 5.74) is 7.49. The first kappa shape index (κ1) is 19.3. The largest absolute Gasteiger partial charge is 0.493 e. The topological polar surface area (TPSA) is 78.1 Å². The summed E-state index contributed by atoms with van der Waals surface area (Å²) in [6, 6.07) is 11.9. The lowest BCUT2D eigenvalue weighted by Crippen LogP contribution is -2.31. The van der Waals surface area contributed by atoms with E-state index in [-0.39, 0.29) is 18.3 Å². The molecule has 0 saturated heterocycles. The van der Waals surface area contributed by atoms with Crippen molar-refractivity contribution in [2.75, 3.05) is 14.2 Å². The number of ether oxygens (including phenoxy) is 3. The lowest BCUT2D eigenvalue weighted by molar-refractivity contribution is -0.0498. The lowest BCUT2D eigenvalue weighted by Gasteiger charge is -2.11. The average Bonchev–Trinajstić information content (AvgIpc) is 2.64. The summed E-state index contributed by atoms with van der Waals surface area (Å²) in [4.78, 5) is 4.19. The number of hydrogen-bond donors (Lipinski definition) is 2. The third kappa shape index (κ3) is 5.80. The van der Waals surface area contributed by atoms with Crippen LogP contribution < -0.4 is 25.3 Å². The van der Waals surface area contributed by atoms with Gasteiger partial charge in [-0.2, -0.15) is 8.78 Å².